The first-order valence-electron chi connectivity index (χ1n) is 5.31. The highest BCUT2D eigenvalue weighted by atomic mass is 19.1. The van der Waals surface area contributed by atoms with E-state index in [1.165, 1.54) is 17.0 Å². The molecule has 3 nitrogen and oxygen atoms in total. The molecule has 1 aromatic carbocycles. The van der Waals surface area contributed by atoms with Crippen molar-refractivity contribution in [1.82, 2.24) is 10.2 Å². The molecule has 1 rings (SSSR count). The average Bonchev–Trinajstić information content (AvgIpc) is 2.29. The SMILES string of the molecule is CNCCCN(C)C(=O)c1ccccc1F. The second kappa shape index (κ2) is 6.23. The van der Waals surface area contributed by atoms with Gasteiger partial charge in [0.1, 0.15) is 5.82 Å². The van der Waals surface area contributed by atoms with E-state index in [0.29, 0.717) is 6.54 Å². The number of benzene rings is 1. The van der Waals surface area contributed by atoms with Gasteiger partial charge < -0.3 is 10.2 Å². The van der Waals surface area contributed by atoms with Gasteiger partial charge in [0.05, 0.1) is 5.56 Å². The van der Waals surface area contributed by atoms with E-state index in [0.717, 1.165) is 13.0 Å². The van der Waals surface area contributed by atoms with E-state index < -0.39 is 5.82 Å². The molecule has 1 amide bonds. The average molecular weight is 224 g/mol. The van der Waals surface area contributed by atoms with Crippen LogP contribution in [0.15, 0.2) is 24.3 Å². The van der Waals surface area contributed by atoms with Gasteiger partial charge in [0.15, 0.2) is 0 Å². The zero-order valence-corrected chi connectivity index (χ0v) is 9.66. The van der Waals surface area contributed by atoms with Crippen molar-refractivity contribution in [1.29, 1.82) is 0 Å². The molecule has 1 aromatic rings. The minimum absolute atomic E-state index is 0.134. The molecule has 0 fully saturated rings. The van der Waals surface area contributed by atoms with E-state index in [1.807, 2.05) is 7.05 Å². The molecule has 0 unspecified atom stereocenters. The molecule has 0 saturated heterocycles. The molecular weight excluding hydrogens is 207 g/mol. The van der Waals surface area contributed by atoms with Crippen LogP contribution in [0.1, 0.15) is 16.8 Å². The topological polar surface area (TPSA) is 32.3 Å². The van der Waals surface area contributed by atoms with Crippen molar-refractivity contribution in [3.63, 3.8) is 0 Å². The first-order chi connectivity index (χ1) is 7.66. The lowest BCUT2D eigenvalue weighted by Gasteiger charge is -2.17. The molecule has 0 spiro atoms. The Morgan fingerprint density at radius 2 is 2.12 bits per heavy atom. The molecule has 1 N–H and O–H groups in total. The molecule has 0 atom stereocenters. The smallest absolute Gasteiger partial charge is 0.256 e. The van der Waals surface area contributed by atoms with Gasteiger partial charge in [0, 0.05) is 13.6 Å². The molecule has 0 radical (unpaired) electrons. The van der Waals surface area contributed by atoms with Crippen LogP contribution in [0.4, 0.5) is 4.39 Å². The molecule has 0 bridgehead atoms. The van der Waals surface area contributed by atoms with Crippen LogP contribution >= 0.6 is 0 Å². The molecular formula is C12H17FN2O. The summed E-state index contributed by atoms with van der Waals surface area (Å²) in [5, 5.41) is 3.00. The first kappa shape index (κ1) is 12.6. The number of hydrogen-bond donors (Lipinski definition) is 1. The quantitative estimate of drug-likeness (QED) is 0.769. The summed E-state index contributed by atoms with van der Waals surface area (Å²) >= 11 is 0. The number of carbonyl (C=O) groups is 1. The predicted octanol–water partition coefficient (Wildman–Crippen LogP) is 1.51. The van der Waals surface area contributed by atoms with Crippen LogP contribution in [0.2, 0.25) is 0 Å². The standard InChI is InChI=1S/C12H17FN2O/c1-14-8-5-9-15(2)12(16)10-6-3-4-7-11(10)13/h3-4,6-7,14H,5,8-9H2,1-2H3. The highest BCUT2D eigenvalue weighted by Gasteiger charge is 2.14. The summed E-state index contributed by atoms with van der Waals surface area (Å²) in [6, 6.07) is 6.05. The third-order valence-electron chi connectivity index (χ3n) is 2.37. The summed E-state index contributed by atoms with van der Waals surface area (Å²) in [7, 11) is 3.54. The third kappa shape index (κ3) is 3.31. The minimum Gasteiger partial charge on any atom is -0.342 e. The number of halogens is 1. The Morgan fingerprint density at radius 1 is 1.44 bits per heavy atom. The van der Waals surface area contributed by atoms with Crippen molar-refractivity contribution in [3.05, 3.63) is 35.6 Å². The van der Waals surface area contributed by atoms with Crippen LogP contribution < -0.4 is 5.32 Å². The van der Waals surface area contributed by atoms with Crippen molar-refractivity contribution in [3.8, 4) is 0 Å². The summed E-state index contributed by atoms with van der Waals surface area (Å²) < 4.78 is 13.3. The summed E-state index contributed by atoms with van der Waals surface area (Å²) in [4.78, 5) is 13.4. The van der Waals surface area contributed by atoms with Gasteiger partial charge in [-0.3, -0.25) is 4.79 Å². The molecule has 0 aliphatic carbocycles. The van der Waals surface area contributed by atoms with Gasteiger partial charge >= 0.3 is 0 Å². The van der Waals surface area contributed by atoms with Crippen molar-refractivity contribution in [2.45, 2.75) is 6.42 Å². The van der Waals surface area contributed by atoms with E-state index in [1.54, 1.807) is 19.2 Å². The van der Waals surface area contributed by atoms with Gasteiger partial charge in [-0.05, 0) is 32.1 Å². The maximum atomic E-state index is 13.3. The molecule has 0 aliphatic heterocycles. The van der Waals surface area contributed by atoms with E-state index in [4.69, 9.17) is 0 Å². The Kier molecular flexibility index (Phi) is 4.92. The van der Waals surface area contributed by atoms with Crippen LogP contribution in [0.5, 0.6) is 0 Å². The highest BCUT2D eigenvalue weighted by Crippen LogP contribution is 2.09. The maximum absolute atomic E-state index is 13.3. The largest absolute Gasteiger partial charge is 0.342 e. The van der Waals surface area contributed by atoms with Crippen LogP contribution in [-0.4, -0.2) is 38.0 Å². The van der Waals surface area contributed by atoms with E-state index in [9.17, 15) is 9.18 Å². The maximum Gasteiger partial charge on any atom is 0.256 e. The normalized spacial score (nSPS) is 10.2. The predicted molar refractivity (Wildman–Crippen MR) is 61.9 cm³/mol. The lowest BCUT2D eigenvalue weighted by molar-refractivity contribution is 0.0789. The minimum atomic E-state index is -0.465. The summed E-state index contributed by atoms with van der Waals surface area (Å²) in [6.07, 6.45) is 0.854. The van der Waals surface area contributed by atoms with Crippen molar-refractivity contribution in [2.75, 3.05) is 27.2 Å². The highest BCUT2D eigenvalue weighted by molar-refractivity contribution is 5.94. The molecule has 16 heavy (non-hydrogen) atoms. The van der Waals surface area contributed by atoms with Crippen LogP contribution in [0.25, 0.3) is 0 Å². The van der Waals surface area contributed by atoms with E-state index >= 15 is 0 Å². The molecule has 4 heteroatoms. The van der Waals surface area contributed by atoms with Gasteiger partial charge in [-0.15, -0.1) is 0 Å². The number of hydrogen-bond acceptors (Lipinski definition) is 2. The van der Waals surface area contributed by atoms with E-state index in [-0.39, 0.29) is 11.5 Å². The van der Waals surface area contributed by atoms with Gasteiger partial charge in [-0.25, -0.2) is 4.39 Å². The van der Waals surface area contributed by atoms with Gasteiger partial charge in [0.25, 0.3) is 5.91 Å². The van der Waals surface area contributed by atoms with Crippen molar-refractivity contribution >= 4 is 5.91 Å². The van der Waals surface area contributed by atoms with Crippen LogP contribution in [0.3, 0.4) is 0 Å². The van der Waals surface area contributed by atoms with Gasteiger partial charge in [-0.2, -0.15) is 0 Å². The Balaban J connectivity index is 2.60. The van der Waals surface area contributed by atoms with Crippen LogP contribution in [0, 0.1) is 5.82 Å². The second-order valence-corrected chi connectivity index (χ2v) is 3.66. The molecule has 0 heterocycles. The lowest BCUT2D eigenvalue weighted by Crippen LogP contribution is -2.30. The number of nitrogens with zero attached hydrogens (tertiary/aromatic N) is 1. The van der Waals surface area contributed by atoms with Crippen molar-refractivity contribution < 1.29 is 9.18 Å². The molecule has 0 saturated carbocycles. The fourth-order valence-electron chi connectivity index (χ4n) is 1.43. The zero-order valence-electron chi connectivity index (χ0n) is 9.66. The number of carbonyl (C=O) groups excluding carboxylic acids is 1. The lowest BCUT2D eigenvalue weighted by atomic mass is 10.2. The monoisotopic (exact) mass is 224 g/mol. The zero-order chi connectivity index (χ0) is 12.0. The van der Waals surface area contributed by atoms with E-state index in [2.05, 4.69) is 5.32 Å². The molecule has 88 valence electrons. The first-order valence-corrected chi connectivity index (χ1v) is 5.31. The summed E-state index contributed by atoms with van der Waals surface area (Å²) in [6.45, 7) is 1.46. The molecule has 0 aliphatic rings. The number of amides is 1. The second-order valence-electron chi connectivity index (χ2n) is 3.66. The van der Waals surface area contributed by atoms with Crippen molar-refractivity contribution in [2.24, 2.45) is 0 Å². The number of nitrogens with one attached hydrogen (secondary N) is 1. The van der Waals surface area contributed by atoms with Crippen LogP contribution in [-0.2, 0) is 0 Å². The summed E-state index contributed by atoms with van der Waals surface area (Å²) in [5.41, 5.74) is 0.134. The van der Waals surface area contributed by atoms with Gasteiger partial charge in [-0.1, -0.05) is 12.1 Å². The number of rotatable bonds is 5. The molecule has 0 aromatic heterocycles. The Labute approximate surface area is 95.3 Å². The Hall–Kier alpha value is -1.42. The fraction of sp³-hybridized carbons (Fsp3) is 0.417. The third-order valence-corrected chi connectivity index (χ3v) is 2.37. The Bertz CT molecular complexity index is 355. The summed E-state index contributed by atoms with van der Waals surface area (Å²) in [5.74, 6) is -0.734. The fourth-order valence-corrected chi connectivity index (χ4v) is 1.43. The Morgan fingerprint density at radius 3 is 2.75 bits per heavy atom. The van der Waals surface area contributed by atoms with Gasteiger partial charge in [0.2, 0.25) is 0 Å².